The lowest BCUT2D eigenvalue weighted by Crippen LogP contribution is -2.32. The maximum absolute atomic E-state index is 12.5. The summed E-state index contributed by atoms with van der Waals surface area (Å²) in [6.07, 6.45) is 2.75. The Morgan fingerprint density at radius 1 is 1.46 bits per heavy atom. The van der Waals surface area contributed by atoms with Crippen molar-refractivity contribution < 1.29 is 19.1 Å². The van der Waals surface area contributed by atoms with Gasteiger partial charge in [0.2, 0.25) is 5.91 Å². The third-order valence-electron chi connectivity index (χ3n) is 3.47. The molecule has 0 radical (unpaired) electrons. The van der Waals surface area contributed by atoms with Crippen LogP contribution in [0.5, 0.6) is 0 Å². The summed E-state index contributed by atoms with van der Waals surface area (Å²) in [5.74, 6) is -0.873. The third kappa shape index (κ3) is 2.93. The molecule has 0 atom stereocenters. The Hall–Kier alpha value is -2.94. The standard InChI is InChI=1S/C15H13N3O5S/c1-8-11-13(24-12(8)15(21)22)17-7-18(14(11)20)6-10(19)16-5-9-3-2-4-23-9/h2-4,7H,5-6H2,1H3,(H,16,19)(H,21,22). The molecule has 1 amide bonds. The largest absolute Gasteiger partial charge is 0.477 e. The molecule has 9 heteroatoms. The molecule has 0 aliphatic rings. The van der Waals surface area contributed by atoms with Crippen molar-refractivity contribution in [3.05, 3.63) is 51.3 Å². The maximum atomic E-state index is 12.5. The number of aromatic carboxylic acids is 1. The van der Waals surface area contributed by atoms with E-state index in [-0.39, 0.29) is 29.3 Å². The van der Waals surface area contributed by atoms with Crippen LogP contribution in [0.3, 0.4) is 0 Å². The quantitative estimate of drug-likeness (QED) is 0.720. The molecule has 3 rings (SSSR count). The summed E-state index contributed by atoms with van der Waals surface area (Å²) in [5, 5.41) is 12.0. The van der Waals surface area contributed by atoms with Crippen LogP contribution in [0, 0.1) is 6.92 Å². The Balaban J connectivity index is 1.83. The molecule has 8 nitrogen and oxygen atoms in total. The van der Waals surface area contributed by atoms with Gasteiger partial charge in [-0.15, -0.1) is 11.3 Å². The molecule has 0 saturated heterocycles. The van der Waals surface area contributed by atoms with Gasteiger partial charge in [0, 0.05) is 0 Å². The number of furan rings is 1. The minimum atomic E-state index is -1.10. The number of carboxylic acid groups (broad SMARTS) is 1. The van der Waals surface area contributed by atoms with Gasteiger partial charge in [-0.25, -0.2) is 9.78 Å². The van der Waals surface area contributed by atoms with Gasteiger partial charge in [0.15, 0.2) is 0 Å². The van der Waals surface area contributed by atoms with Crippen LogP contribution in [-0.4, -0.2) is 26.5 Å². The van der Waals surface area contributed by atoms with Gasteiger partial charge < -0.3 is 14.8 Å². The van der Waals surface area contributed by atoms with Crippen LogP contribution in [0.4, 0.5) is 0 Å². The first-order valence-electron chi connectivity index (χ1n) is 6.98. The van der Waals surface area contributed by atoms with Crippen LogP contribution in [0.2, 0.25) is 0 Å². The summed E-state index contributed by atoms with van der Waals surface area (Å²) in [4.78, 5) is 40.1. The molecule has 0 aromatic carbocycles. The lowest BCUT2D eigenvalue weighted by molar-refractivity contribution is -0.122. The van der Waals surface area contributed by atoms with E-state index >= 15 is 0 Å². The minimum absolute atomic E-state index is 0.0784. The van der Waals surface area contributed by atoms with E-state index in [1.54, 1.807) is 19.1 Å². The number of carboxylic acids is 1. The fraction of sp³-hybridized carbons (Fsp3) is 0.200. The molecule has 0 unspecified atom stereocenters. The van der Waals surface area contributed by atoms with Crippen molar-refractivity contribution in [1.82, 2.24) is 14.9 Å². The molecule has 24 heavy (non-hydrogen) atoms. The second-order valence-electron chi connectivity index (χ2n) is 5.08. The molecule has 3 aromatic rings. The number of thiophene rings is 1. The summed E-state index contributed by atoms with van der Waals surface area (Å²) in [7, 11) is 0. The predicted octanol–water partition coefficient (Wildman–Crippen LogP) is 1.37. The fourth-order valence-corrected chi connectivity index (χ4v) is 3.26. The summed E-state index contributed by atoms with van der Waals surface area (Å²) in [6, 6.07) is 3.44. The molecule has 0 spiro atoms. The van der Waals surface area contributed by atoms with Crippen LogP contribution < -0.4 is 10.9 Å². The molecular weight excluding hydrogens is 334 g/mol. The van der Waals surface area contributed by atoms with Crippen LogP contribution in [-0.2, 0) is 17.9 Å². The molecule has 3 aromatic heterocycles. The van der Waals surface area contributed by atoms with Crippen LogP contribution in [0.1, 0.15) is 21.0 Å². The van der Waals surface area contributed by atoms with E-state index in [0.29, 0.717) is 16.2 Å². The van der Waals surface area contributed by atoms with Crippen molar-refractivity contribution in [2.75, 3.05) is 0 Å². The Bertz CT molecular complexity index is 971. The maximum Gasteiger partial charge on any atom is 0.346 e. The number of nitrogens with zero attached hydrogens (tertiary/aromatic N) is 2. The normalized spacial score (nSPS) is 10.9. The lowest BCUT2D eigenvalue weighted by atomic mass is 10.2. The molecule has 0 bridgehead atoms. The molecular formula is C15H13N3O5S. The van der Waals surface area contributed by atoms with E-state index in [0.717, 1.165) is 15.9 Å². The zero-order chi connectivity index (χ0) is 17.3. The Morgan fingerprint density at radius 3 is 2.92 bits per heavy atom. The van der Waals surface area contributed by atoms with Gasteiger partial charge in [-0.05, 0) is 24.6 Å². The second-order valence-corrected chi connectivity index (χ2v) is 6.07. The molecule has 0 aliphatic heterocycles. The topological polar surface area (TPSA) is 114 Å². The van der Waals surface area contributed by atoms with Gasteiger partial charge in [0.25, 0.3) is 5.56 Å². The van der Waals surface area contributed by atoms with E-state index in [4.69, 9.17) is 9.52 Å². The van der Waals surface area contributed by atoms with Crippen LogP contribution in [0.15, 0.2) is 33.9 Å². The first-order valence-corrected chi connectivity index (χ1v) is 7.80. The van der Waals surface area contributed by atoms with Gasteiger partial charge in [-0.1, -0.05) is 0 Å². The minimum Gasteiger partial charge on any atom is -0.477 e. The first kappa shape index (κ1) is 15.9. The molecule has 3 heterocycles. The van der Waals surface area contributed by atoms with E-state index in [2.05, 4.69) is 10.3 Å². The average molecular weight is 347 g/mol. The third-order valence-corrected chi connectivity index (χ3v) is 4.65. The zero-order valence-corrected chi connectivity index (χ0v) is 13.4. The number of amides is 1. The van der Waals surface area contributed by atoms with Crippen molar-refractivity contribution >= 4 is 33.4 Å². The first-order chi connectivity index (χ1) is 11.5. The predicted molar refractivity (Wildman–Crippen MR) is 86.1 cm³/mol. The van der Waals surface area contributed by atoms with E-state index in [9.17, 15) is 14.4 Å². The molecule has 0 fully saturated rings. The molecule has 0 aliphatic carbocycles. The summed E-state index contributed by atoms with van der Waals surface area (Å²) in [6.45, 7) is 1.57. The zero-order valence-electron chi connectivity index (χ0n) is 12.6. The van der Waals surface area contributed by atoms with E-state index in [1.807, 2.05) is 0 Å². The molecule has 0 saturated carbocycles. The highest BCUT2D eigenvalue weighted by Gasteiger charge is 2.19. The number of fused-ring (bicyclic) bond motifs is 1. The van der Waals surface area contributed by atoms with Gasteiger partial charge in [0.05, 0.1) is 24.5 Å². The Morgan fingerprint density at radius 2 is 2.25 bits per heavy atom. The number of rotatable bonds is 5. The van der Waals surface area contributed by atoms with Crippen molar-refractivity contribution in [3.63, 3.8) is 0 Å². The van der Waals surface area contributed by atoms with E-state index < -0.39 is 11.5 Å². The smallest absolute Gasteiger partial charge is 0.346 e. The molecule has 2 N–H and O–H groups in total. The van der Waals surface area contributed by atoms with Crippen molar-refractivity contribution in [3.8, 4) is 0 Å². The van der Waals surface area contributed by atoms with Gasteiger partial charge >= 0.3 is 5.97 Å². The summed E-state index contributed by atoms with van der Waals surface area (Å²) < 4.78 is 6.26. The van der Waals surface area contributed by atoms with Crippen LogP contribution in [0.25, 0.3) is 10.2 Å². The lowest BCUT2D eigenvalue weighted by Gasteiger charge is -2.06. The number of aromatic nitrogens is 2. The number of hydrogen-bond acceptors (Lipinski definition) is 6. The van der Waals surface area contributed by atoms with Gasteiger partial charge in [-0.2, -0.15) is 0 Å². The molecule has 124 valence electrons. The number of hydrogen-bond donors (Lipinski definition) is 2. The number of carbonyl (C=O) groups is 2. The van der Waals surface area contributed by atoms with Crippen molar-refractivity contribution in [2.24, 2.45) is 0 Å². The number of aryl methyl sites for hydroxylation is 1. The fourth-order valence-electron chi connectivity index (χ4n) is 2.29. The number of carbonyl (C=O) groups excluding carboxylic acids is 1. The number of nitrogens with one attached hydrogen (secondary N) is 1. The van der Waals surface area contributed by atoms with Crippen LogP contribution >= 0.6 is 11.3 Å². The monoisotopic (exact) mass is 347 g/mol. The highest BCUT2D eigenvalue weighted by molar-refractivity contribution is 7.20. The SMILES string of the molecule is Cc1c(C(=O)O)sc2ncn(CC(=O)NCc3ccco3)c(=O)c12. The van der Waals surface area contributed by atoms with E-state index in [1.165, 1.54) is 12.6 Å². The van der Waals surface area contributed by atoms with Gasteiger partial charge in [0.1, 0.15) is 22.0 Å². The Labute approximate surface area is 139 Å². The highest BCUT2D eigenvalue weighted by Crippen LogP contribution is 2.26. The van der Waals surface area contributed by atoms with Crippen molar-refractivity contribution in [2.45, 2.75) is 20.0 Å². The van der Waals surface area contributed by atoms with Gasteiger partial charge in [-0.3, -0.25) is 14.2 Å². The highest BCUT2D eigenvalue weighted by atomic mass is 32.1. The van der Waals surface area contributed by atoms with Crippen molar-refractivity contribution in [1.29, 1.82) is 0 Å². The second kappa shape index (κ2) is 6.28. The average Bonchev–Trinajstić information content (AvgIpc) is 3.16. The Kier molecular flexibility index (Phi) is 4.17. The summed E-state index contributed by atoms with van der Waals surface area (Å²) in [5.41, 5.74) is -0.0697. The summed E-state index contributed by atoms with van der Waals surface area (Å²) >= 11 is 0.945.